The lowest BCUT2D eigenvalue weighted by Crippen LogP contribution is -2.10. The lowest BCUT2D eigenvalue weighted by Gasteiger charge is -2.03. The Morgan fingerprint density at radius 3 is 2.78 bits per heavy atom. The van der Waals surface area contributed by atoms with Gasteiger partial charge in [0.2, 0.25) is 5.58 Å². The molecule has 4 aromatic rings. The Hall–Kier alpha value is -2.24. The molecule has 0 spiro atoms. The number of thioether (sulfide) groups is 1. The molecule has 0 unspecified atom stereocenters. The Balaban J connectivity index is 1.75. The summed E-state index contributed by atoms with van der Waals surface area (Å²) in [5.41, 5.74) is 1.26. The first-order chi connectivity index (χ1) is 11.2. The lowest BCUT2D eigenvalue weighted by molar-refractivity contribution is 0.660. The Morgan fingerprint density at radius 1 is 1.13 bits per heavy atom. The average molecular weight is 343 g/mol. The first-order valence-corrected chi connectivity index (χ1v) is 8.36. The highest BCUT2D eigenvalue weighted by molar-refractivity contribution is 7.98. The van der Waals surface area contributed by atoms with Crippen molar-refractivity contribution in [2.45, 2.75) is 10.6 Å². The van der Waals surface area contributed by atoms with Gasteiger partial charge < -0.3 is 9.40 Å². The first-order valence-electron chi connectivity index (χ1n) is 7.00. The number of furan rings is 1. The van der Waals surface area contributed by atoms with Gasteiger partial charge in [0.1, 0.15) is 16.9 Å². The molecule has 6 heteroatoms. The number of hydrogen-bond donors (Lipinski definition) is 1. The van der Waals surface area contributed by atoms with Crippen LogP contribution in [-0.2, 0) is 5.75 Å². The number of rotatable bonds is 3. The summed E-state index contributed by atoms with van der Waals surface area (Å²) in [6.07, 6.45) is 0. The van der Waals surface area contributed by atoms with Crippen LogP contribution < -0.4 is 5.56 Å². The molecule has 2 aromatic heterocycles. The summed E-state index contributed by atoms with van der Waals surface area (Å²) < 4.78 is 5.59. The maximum Gasteiger partial charge on any atom is 0.294 e. The third kappa shape index (κ3) is 2.62. The third-order valence-corrected chi connectivity index (χ3v) is 5.01. The first kappa shape index (κ1) is 14.4. The van der Waals surface area contributed by atoms with E-state index in [4.69, 9.17) is 16.0 Å². The third-order valence-electron chi connectivity index (χ3n) is 3.48. The van der Waals surface area contributed by atoms with Crippen LogP contribution in [0, 0.1) is 0 Å². The Kier molecular flexibility index (Phi) is 3.59. The maximum absolute atomic E-state index is 12.2. The van der Waals surface area contributed by atoms with E-state index in [-0.39, 0.29) is 11.1 Å². The molecule has 0 atom stereocenters. The Bertz CT molecular complexity index is 1070. The number of halogens is 1. The Labute approximate surface area is 140 Å². The second-order valence-corrected chi connectivity index (χ2v) is 6.43. The predicted octanol–water partition coefficient (Wildman–Crippen LogP) is 4.62. The molecule has 4 rings (SSSR count). The average Bonchev–Trinajstić information content (AvgIpc) is 2.94. The minimum absolute atomic E-state index is 0.262. The van der Waals surface area contributed by atoms with Gasteiger partial charge in [0.15, 0.2) is 0 Å². The van der Waals surface area contributed by atoms with Gasteiger partial charge in [-0.05, 0) is 24.3 Å². The largest absolute Gasteiger partial charge is 0.449 e. The summed E-state index contributed by atoms with van der Waals surface area (Å²) in [4.78, 5) is 20.5. The summed E-state index contributed by atoms with van der Waals surface area (Å²) in [5.74, 6) is 1.12. The molecule has 0 saturated heterocycles. The zero-order valence-electron chi connectivity index (χ0n) is 11.9. The van der Waals surface area contributed by atoms with Gasteiger partial charge in [0, 0.05) is 10.3 Å². The van der Waals surface area contributed by atoms with E-state index in [1.807, 2.05) is 48.5 Å². The van der Waals surface area contributed by atoms with Crippen molar-refractivity contribution >= 4 is 45.4 Å². The summed E-state index contributed by atoms with van der Waals surface area (Å²) in [7, 11) is 0. The topological polar surface area (TPSA) is 58.9 Å². The van der Waals surface area contributed by atoms with Crippen molar-refractivity contribution in [3.63, 3.8) is 0 Å². The molecule has 0 aliphatic carbocycles. The smallest absolute Gasteiger partial charge is 0.294 e. The zero-order valence-corrected chi connectivity index (χ0v) is 13.4. The maximum atomic E-state index is 12.2. The summed E-state index contributed by atoms with van der Waals surface area (Å²) in [6.45, 7) is 0. The van der Waals surface area contributed by atoms with Gasteiger partial charge in [-0.3, -0.25) is 4.79 Å². The van der Waals surface area contributed by atoms with Gasteiger partial charge in [-0.25, -0.2) is 4.98 Å². The molecule has 0 aliphatic rings. The van der Waals surface area contributed by atoms with Crippen LogP contribution in [0.5, 0.6) is 0 Å². The van der Waals surface area contributed by atoms with E-state index in [0.717, 1.165) is 10.3 Å². The number of aromatic amines is 1. The van der Waals surface area contributed by atoms with Crippen LogP contribution in [0.1, 0.15) is 5.82 Å². The minimum atomic E-state index is -0.263. The molecule has 4 nitrogen and oxygen atoms in total. The molecule has 2 heterocycles. The molecule has 1 N–H and O–H groups in total. The van der Waals surface area contributed by atoms with Gasteiger partial charge in [0.05, 0.1) is 10.8 Å². The summed E-state index contributed by atoms with van der Waals surface area (Å²) in [5, 5.41) is 1.53. The molecule has 0 radical (unpaired) electrons. The molecule has 0 amide bonds. The minimum Gasteiger partial charge on any atom is -0.449 e. The Morgan fingerprint density at radius 2 is 1.91 bits per heavy atom. The second kappa shape index (κ2) is 5.76. The fourth-order valence-electron chi connectivity index (χ4n) is 2.42. The van der Waals surface area contributed by atoms with Crippen molar-refractivity contribution < 1.29 is 4.42 Å². The SMILES string of the molecule is O=c1[nH]c(CSc2ccccc2Cl)nc2c1oc1ccccc12. The molecule has 0 saturated carbocycles. The molecule has 2 aromatic carbocycles. The van der Waals surface area contributed by atoms with Gasteiger partial charge >= 0.3 is 0 Å². The van der Waals surface area contributed by atoms with Crippen LogP contribution in [0.2, 0.25) is 5.02 Å². The highest BCUT2D eigenvalue weighted by atomic mass is 35.5. The van der Waals surface area contributed by atoms with Gasteiger partial charge in [-0.2, -0.15) is 0 Å². The monoisotopic (exact) mass is 342 g/mol. The number of benzene rings is 2. The molecule has 0 fully saturated rings. The van der Waals surface area contributed by atoms with E-state index in [1.54, 1.807) is 0 Å². The fraction of sp³-hybridized carbons (Fsp3) is 0.0588. The predicted molar refractivity (Wildman–Crippen MR) is 93.1 cm³/mol. The van der Waals surface area contributed by atoms with Crippen molar-refractivity contribution in [2.24, 2.45) is 0 Å². The quantitative estimate of drug-likeness (QED) is 0.552. The van der Waals surface area contributed by atoms with Crippen LogP contribution in [0.3, 0.4) is 0 Å². The number of nitrogens with one attached hydrogen (secondary N) is 1. The number of fused-ring (bicyclic) bond motifs is 3. The number of aromatic nitrogens is 2. The zero-order chi connectivity index (χ0) is 15.8. The normalized spacial score (nSPS) is 11.3. The number of hydrogen-bond acceptors (Lipinski definition) is 4. The number of H-pyrrole nitrogens is 1. The number of para-hydroxylation sites is 1. The summed E-state index contributed by atoms with van der Waals surface area (Å²) >= 11 is 7.68. The second-order valence-electron chi connectivity index (χ2n) is 5.01. The van der Waals surface area contributed by atoms with Crippen molar-refractivity contribution in [3.05, 3.63) is 69.7 Å². The van der Waals surface area contributed by atoms with E-state index in [1.165, 1.54) is 11.8 Å². The lowest BCUT2D eigenvalue weighted by atomic mass is 10.2. The van der Waals surface area contributed by atoms with Crippen molar-refractivity contribution in [1.29, 1.82) is 0 Å². The van der Waals surface area contributed by atoms with Crippen LogP contribution >= 0.6 is 23.4 Å². The van der Waals surface area contributed by atoms with Crippen molar-refractivity contribution in [1.82, 2.24) is 9.97 Å². The van der Waals surface area contributed by atoms with Gasteiger partial charge in [-0.1, -0.05) is 35.9 Å². The van der Waals surface area contributed by atoms with E-state index in [2.05, 4.69) is 9.97 Å². The van der Waals surface area contributed by atoms with E-state index in [0.29, 0.717) is 27.7 Å². The van der Waals surface area contributed by atoms with Crippen LogP contribution in [0.4, 0.5) is 0 Å². The highest BCUT2D eigenvalue weighted by Crippen LogP contribution is 2.29. The van der Waals surface area contributed by atoms with E-state index in [9.17, 15) is 4.79 Å². The van der Waals surface area contributed by atoms with Gasteiger partial charge in [-0.15, -0.1) is 11.8 Å². The van der Waals surface area contributed by atoms with Crippen LogP contribution in [-0.4, -0.2) is 9.97 Å². The fourth-order valence-corrected chi connectivity index (χ4v) is 3.53. The van der Waals surface area contributed by atoms with Crippen LogP contribution in [0.25, 0.3) is 22.1 Å². The van der Waals surface area contributed by atoms with Crippen molar-refractivity contribution in [3.8, 4) is 0 Å². The molecule has 0 bridgehead atoms. The summed E-state index contributed by atoms with van der Waals surface area (Å²) in [6, 6.07) is 15.1. The molecule has 0 aliphatic heterocycles. The molecule has 114 valence electrons. The van der Waals surface area contributed by atoms with E-state index >= 15 is 0 Å². The number of nitrogens with zero attached hydrogens (tertiary/aromatic N) is 1. The molecule has 23 heavy (non-hydrogen) atoms. The van der Waals surface area contributed by atoms with Crippen molar-refractivity contribution in [2.75, 3.05) is 0 Å². The van der Waals surface area contributed by atoms with Gasteiger partial charge in [0.25, 0.3) is 5.56 Å². The highest BCUT2D eigenvalue weighted by Gasteiger charge is 2.13. The molecular formula is C17H11ClN2O2S. The molecular weight excluding hydrogens is 332 g/mol. The van der Waals surface area contributed by atoms with Crippen LogP contribution in [0.15, 0.2) is 62.6 Å². The van der Waals surface area contributed by atoms with E-state index < -0.39 is 0 Å². The standard InChI is InChI=1S/C17H11ClN2O2S/c18-11-6-2-4-8-13(11)23-9-14-19-15-10-5-1-3-7-12(10)22-16(15)17(21)20-14/h1-8H,9H2,(H,19,20,21).